The molecule has 0 radical (unpaired) electrons. The summed E-state index contributed by atoms with van der Waals surface area (Å²) in [6.07, 6.45) is 1.03. The van der Waals surface area contributed by atoms with Crippen LogP contribution in [0.25, 0.3) is 0 Å². The van der Waals surface area contributed by atoms with Gasteiger partial charge in [0, 0.05) is 28.1 Å². The van der Waals surface area contributed by atoms with Crippen LogP contribution in [-0.4, -0.2) is 20.3 Å². The first kappa shape index (κ1) is 10.8. The molecular formula is C11H14BrNO2. The van der Waals surface area contributed by atoms with Gasteiger partial charge in [-0.05, 0) is 12.5 Å². The third-order valence-electron chi connectivity index (χ3n) is 2.73. The third kappa shape index (κ3) is 1.96. The van der Waals surface area contributed by atoms with Crippen LogP contribution in [0, 0.1) is 0 Å². The number of hydrogen-bond donors (Lipinski definition) is 1. The number of benzene rings is 1. The Balaban J connectivity index is 2.43. The van der Waals surface area contributed by atoms with E-state index in [-0.39, 0.29) is 6.04 Å². The number of rotatable bonds is 3. The van der Waals surface area contributed by atoms with Crippen molar-refractivity contribution < 1.29 is 9.47 Å². The lowest BCUT2D eigenvalue weighted by Gasteiger charge is -2.12. The van der Waals surface area contributed by atoms with Gasteiger partial charge in [-0.3, -0.25) is 0 Å². The number of methoxy groups -OCH3 is 2. The van der Waals surface area contributed by atoms with Gasteiger partial charge >= 0.3 is 0 Å². The van der Waals surface area contributed by atoms with E-state index in [1.807, 2.05) is 12.1 Å². The van der Waals surface area contributed by atoms with Crippen molar-refractivity contribution in [3.63, 3.8) is 0 Å². The van der Waals surface area contributed by atoms with Gasteiger partial charge in [-0.2, -0.15) is 0 Å². The molecule has 4 heteroatoms. The van der Waals surface area contributed by atoms with Gasteiger partial charge in [0.15, 0.2) is 0 Å². The molecule has 3 nitrogen and oxygen atoms in total. The molecule has 1 saturated carbocycles. The zero-order valence-electron chi connectivity index (χ0n) is 8.79. The summed E-state index contributed by atoms with van der Waals surface area (Å²) in [5.74, 6) is 2.05. The molecule has 1 aromatic rings. The van der Waals surface area contributed by atoms with Crippen LogP contribution in [0.2, 0.25) is 0 Å². The van der Waals surface area contributed by atoms with Crippen molar-refractivity contribution in [3.05, 3.63) is 22.2 Å². The highest BCUT2D eigenvalue weighted by molar-refractivity contribution is 9.10. The molecule has 1 aromatic carbocycles. The molecule has 2 N–H and O–H groups in total. The molecule has 0 unspecified atom stereocenters. The summed E-state index contributed by atoms with van der Waals surface area (Å²) >= 11 is 3.53. The Hall–Kier alpha value is -0.740. The maximum atomic E-state index is 5.85. The Kier molecular flexibility index (Phi) is 2.89. The highest BCUT2D eigenvalue weighted by Crippen LogP contribution is 2.48. The van der Waals surface area contributed by atoms with Crippen LogP contribution >= 0.6 is 15.9 Å². The maximum Gasteiger partial charge on any atom is 0.127 e. The van der Waals surface area contributed by atoms with Crippen molar-refractivity contribution in [2.75, 3.05) is 14.2 Å². The van der Waals surface area contributed by atoms with E-state index in [9.17, 15) is 0 Å². The molecule has 15 heavy (non-hydrogen) atoms. The van der Waals surface area contributed by atoms with E-state index >= 15 is 0 Å². The van der Waals surface area contributed by atoms with Gasteiger partial charge in [-0.1, -0.05) is 15.9 Å². The Morgan fingerprint density at radius 1 is 1.33 bits per heavy atom. The lowest BCUT2D eigenvalue weighted by atomic mass is 10.1. The average Bonchev–Trinajstić information content (AvgIpc) is 2.93. The lowest BCUT2D eigenvalue weighted by Crippen LogP contribution is -2.03. The van der Waals surface area contributed by atoms with Crippen LogP contribution in [-0.2, 0) is 0 Å². The van der Waals surface area contributed by atoms with Crippen molar-refractivity contribution in [2.45, 2.75) is 18.4 Å². The molecule has 1 aliphatic carbocycles. The highest BCUT2D eigenvalue weighted by Gasteiger charge is 2.38. The van der Waals surface area contributed by atoms with E-state index in [1.165, 1.54) is 0 Å². The first-order chi connectivity index (χ1) is 7.17. The number of nitrogens with two attached hydrogens (primary N) is 1. The van der Waals surface area contributed by atoms with Crippen LogP contribution in [0.4, 0.5) is 0 Å². The number of hydrogen-bond acceptors (Lipinski definition) is 3. The zero-order chi connectivity index (χ0) is 11.0. The summed E-state index contributed by atoms with van der Waals surface area (Å²) in [7, 11) is 3.31. The van der Waals surface area contributed by atoms with E-state index in [0.717, 1.165) is 28.0 Å². The Labute approximate surface area is 97.7 Å². The average molecular weight is 272 g/mol. The minimum absolute atomic E-state index is 0.267. The molecule has 0 heterocycles. The largest absolute Gasteiger partial charge is 0.497 e. The van der Waals surface area contributed by atoms with E-state index in [0.29, 0.717) is 5.92 Å². The van der Waals surface area contributed by atoms with Gasteiger partial charge in [-0.15, -0.1) is 0 Å². The SMILES string of the molecule is COc1cc(Br)c([C@@H]2C[C@H]2N)c(OC)c1. The first-order valence-electron chi connectivity index (χ1n) is 4.84. The molecule has 2 atom stereocenters. The fourth-order valence-corrected chi connectivity index (χ4v) is 2.48. The van der Waals surface area contributed by atoms with Crippen molar-refractivity contribution >= 4 is 15.9 Å². The summed E-state index contributed by atoms with van der Waals surface area (Å²) < 4.78 is 11.5. The molecule has 0 spiro atoms. The molecule has 0 saturated heterocycles. The Morgan fingerprint density at radius 3 is 2.47 bits per heavy atom. The molecule has 2 rings (SSSR count). The summed E-state index contributed by atoms with van der Waals surface area (Å²) in [6, 6.07) is 4.11. The number of ether oxygens (including phenoxy) is 2. The summed E-state index contributed by atoms with van der Waals surface area (Å²) in [4.78, 5) is 0. The second kappa shape index (κ2) is 4.02. The minimum atomic E-state index is 0.267. The van der Waals surface area contributed by atoms with E-state index in [4.69, 9.17) is 15.2 Å². The monoisotopic (exact) mass is 271 g/mol. The van der Waals surface area contributed by atoms with Crippen molar-refractivity contribution in [1.82, 2.24) is 0 Å². The zero-order valence-corrected chi connectivity index (χ0v) is 10.4. The summed E-state index contributed by atoms with van der Waals surface area (Å²) in [5.41, 5.74) is 7.01. The van der Waals surface area contributed by atoms with Crippen molar-refractivity contribution in [1.29, 1.82) is 0 Å². The lowest BCUT2D eigenvalue weighted by molar-refractivity contribution is 0.390. The van der Waals surface area contributed by atoms with Crippen molar-refractivity contribution in [2.24, 2.45) is 5.73 Å². The first-order valence-corrected chi connectivity index (χ1v) is 5.63. The van der Waals surface area contributed by atoms with Crippen molar-refractivity contribution in [3.8, 4) is 11.5 Å². The topological polar surface area (TPSA) is 44.5 Å². The van der Waals surface area contributed by atoms with E-state index < -0.39 is 0 Å². The standard InChI is InChI=1S/C11H14BrNO2/c1-14-6-3-8(12)11(7-5-9(7)13)10(4-6)15-2/h3-4,7,9H,5,13H2,1-2H3/t7-,9-/m1/s1. The Bertz CT molecular complexity index is 381. The molecule has 0 aromatic heterocycles. The number of halogens is 1. The van der Waals surface area contributed by atoms with E-state index in [2.05, 4.69) is 15.9 Å². The molecule has 82 valence electrons. The smallest absolute Gasteiger partial charge is 0.127 e. The quantitative estimate of drug-likeness (QED) is 0.918. The third-order valence-corrected chi connectivity index (χ3v) is 3.39. The van der Waals surface area contributed by atoms with Crippen LogP contribution in [0.3, 0.4) is 0 Å². The van der Waals surface area contributed by atoms with Gasteiger partial charge in [0.05, 0.1) is 14.2 Å². The van der Waals surface area contributed by atoms with Gasteiger partial charge < -0.3 is 15.2 Å². The fraction of sp³-hybridized carbons (Fsp3) is 0.455. The molecule has 0 amide bonds. The minimum Gasteiger partial charge on any atom is -0.497 e. The van der Waals surface area contributed by atoms with Gasteiger partial charge in [0.25, 0.3) is 0 Å². The predicted octanol–water partition coefficient (Wildman–Crippen LogP) is 2.28. The van der Waals surface area contributed by atoms with Gasteiger partial charge in [0.1, 0.15) is 11.5 Å². The van der Waals surface area contributed by atoms with Crippen LogP contribution in [0.15, 0.2) is 16.6 Å². The second-order valence-corrected chi connectivity index (χ2v) is 4.59. The van der Waals surface area contributed by atoms with Crippen LogP contribution in [0.5, 0.6) is 11.5 Å². The highest BCUT2D eigenvalue weighted by atomic mass is 79.9. The van der Waals surface area contributed by atoms with Gasteiger partial charge in [-0.25, -0.2) is 0 Å². The fourth-order valence-electron chi connectivity index (χ4n) is 1.76. The van der Waals surface area contributed by atoms with E-state index in [1.54, 1.807) is 14.2 Å². The maximum absolute atomic E-state index is 5.85. The molecule has 0 bridgehead atoms. The summed E-state index contributed by atoms with van der Waals surface area (Å²) in [6.45, 7) is 0. The predicted molar refractivity (Wildman–Crippen MR) is 62.6 cm³/mol. The normalized spacial score (nSPS) is 23.7. The molecule has 1 aliphatic rings. The van der Waals surface area contributed by atoms with Gasteiger partial charge in [0.2, 0.25) is 0 Å². The molecule has 1 fully saturated rings. The molecular weight excluding hydrogens is 258 g/mol. The van der Waals surface area contributed by atoms with Crippen LogP contribution < -0.4 is 15.2 Å². The Morgan fingerprint density at radius 2 is 2.00 bits per heavy atom. The second-order valence-electron chi connectivity index (χ2n) is 3.73. The molecule has 0 aliphatic heterocycles. The van der Waals surface area contributed by atoms with Crippen LogP contribution in [0.1, 0.15) is 17.9 Å². The summed E-state index contributed by atoms with van der Waals surface area (Å²) in [5, 5.41) is 0.